The summed E-state index contributed by atoms with van der Waals surface area (Å²) in [5.74, 6) is -2.83. The van der Waals surface area contributed by atoms with Crippen molar-refractivity contribution in [3.63, 3.8) is 0 Å². The number of aromatic carboxylic acids is 1. The zero-order valence-corrected chi connectivity index (χ0v) is 7.65. The topological polar surface area (TPSA) is 90.5 Å². The van der Waals surface area contributed by atoms with Crippen molar-refractivity contribution in [2.45, 2.75) is 6.61 Å². The smallest absolute Gasteiger partial charge is 0.387 e. The van der Waals surface area contributed by atoms with Gasteiger partial charge in [0, 0.05) is 0 Å². The van der Waals surface area contributed by atoms with E-state index in [9.17, 15) is 18.7 Å². The van der Waals surface area contributed by atoms with E-state index in [0.29, 0.717) is 0 Å². The number of ether oxygens (including phenoxy) is 1. The largest absolute Gasteiger partial charge is 0.506 e. The molecule has 0 bridgehead atoms. The Morgan fingerprint density at radius 2 is 2.12 bits per heavy atom. The quantitative estimate of drug-likeness (QED) is 0.820. The standard InChI is InChI=1S/C9H5F2NO4/c10-9(11)16-7-2-4(8(14)15)1-6(13)5(7)3-12/h1-2,9,13H,(H,14,15). The molecule has 0 amide bonds. The lowest BCUT2D eigenvalue weighted by molar-refractivity contribution is -0.0501. The molecule has 0 spiro atoms. The molecule has 0 fully saturated rings. The minimum atomic E-state index is -3.21. The van der Waals surface area contributed by atoms with Crippen LogP contribution in [0.3, 0.4) is 0 Å². The van der Waals surface area contributed by atoms with Gasteiger partial charge in [0.25, 0.3) is 0 Å². The molecule has 0 aliphatic heterocycles. The van der Waals surface area contributed by atoms with Crippen molar-refractivity contribution < 1.29 is 28.5 Å². The molecule has 1 aromatic rings. The van der Waals surface area contributed by atoms with Gasteiger partial charge < -0.3 is 14.9 Å². The third kappa shape index (κ3) is 2.36. The number of phenols is 1. The van der Waals surface area contributed by atoms with Crippen LogP contribution in [0.1, 0.15) is 15.9 Å². The Kier molecular flexibility index (Phi) is 3.25. The molecule has 84 valence electrons. The molecule has 0 aliphatic rings. The maximum Gasteiger partial charge on any atom is 0.387 e. The van der Waals surface area contributed by atoms with Gasteiger partial charge in [-0.3, -0.25) is 0 Å². The summed E-state index contributed by atoms with van der Waals surface area (Å²) < 4.78 is 27.8. The lowest BCUT2D eigenvalue weighted by Gasteiger charge is -2.08. The molecule has 1 aromatic carbocycles. The molecule has 0 saturated heterocycles. The lowest BCUT2D eigenvalue weighted by Crippen LogP contribution is -2.06. The second-order valence-electron chi connectivity index (χ2n) is 2.66. The van der Waals surface area contributed by atoms with Crippen LogP contribution in [-0.2, 0) is 0 Å². The van der Waals surface area contributed by atoms with Crippen LogP contribution in [0.2, 0.25) is 0 Å². The lowest BCUT2D eigenvalue weighted by atomic mass is 10.1. The van der Waals surface area contributed by atoms with Gasteiger partial charge in [0.1, 0.15) is 23.1 Å². The van der Waals surface area contributed by atoms with Gasteiger partial charge in [0.05, 0.1) is 5.56 Å². The van der Waals surface area contributed by atoms with Gasteiger partial charge in [-0.2, -0.15) is 14.0 Å². The minimum Gasteiger partial charge on any atom is -0.506 e. The van der Waals surface area contributed by atoms with E-state index >= 15 is 0 Å². The van der Waals surface area contributed by atoms with Gasteiger partial charge in [0.15, 0.2) is 0 Å². The molecule has 0 radical (unpaired) electrons. The number of carbonyl (C=O) groups is 1. The van der Waals surface area contributed by atoms with E-state index in [2.05, 4.69) is 4.74 Å². The van der Waals surface area contributed by atoms with Crippen molar-refractivity contribution in [3.8, 4) is 17.6 Å². The molecule has 0 aromatic heterocycles. The third-order valence-electron chi connectivity index (χ3n) is 1.66. The van der Waals surface area contributed by atoms with Crippen molar-refractivity contribution in [2.24, 2.45) is 0 Å². The number of aromatic hydroxyl groups is 1. The Balaban J connectivity index is 3.32. The van der Waals surface area contributed by atoms with E-state index in [1.54, 1.807) is 0 Å². The maximum absolute atomic E-state index is 11.9. The van der Waals surface area contributed by atoms with Crippen LogP contribution in [0.25, 0.3) is 0 Å². The highest BCUT2D eigenvalue weighted by Crippen LogP contribution is 2.30. The van der Waals surface area contributed by atoms with Crippen molar-refractivity contribution in [1.82, 2.24) is 0 Å². The van der Waals surface area contributed by atoms with E-state index < -0.39 is 35.2 Å². The van der Waals surface area contributed by atoms with E-state index in [1.807, 2.05) is 0 Å². The van der Waals surface area contributed by atoms with Crippen molar-refractivity contribution >= 4 is 5.97 Å². The number of carboxylic acid groups (broad SMARTS) is 1. The highest BCUT2D eigenvalue weighted by atomic mass is 19.3. The van der Waals surface area contributed by atoms with Gasteiger partial charge in [0.2, 0.25) is 0 Å². The van der Waals surface area contributed by atoms with Crippen LogP contribution < -0.4 is 4.74 Å². The number of nitrogens with zero attached hydrogens (tertiary/aromatic N) is 1. The number of alkyl halides is 2. The molecule has 0 unspecified atom stereocenters. The zero-order valence-electron chi connectivity index (χ0n) is 7.65. The summed E-state index contributed by atoms with van der Waals surface area (Å²) >= 11 is 0. The fourth-order valence-electron chi connectivity index (χ4n) is 1.03. The molecule has 0 heterocycles. The first-order valence-electron chi connectivity index (χ1n) is 3.91. The van der Waals surface area contributed by atoms with Crippen LogP contribution in [0.5, 0.6) is 11.5 Å². The SMILES string of the molecule is N#Cc1c(O)cc(C(=O)O)cc1OC(F)F. The zero-order chi connectivity index (χ0) is 12.3. The number of hydrogen-bond donors (Lipinski definition) is 2. The number of carboxylic acids is 1. The van der Waals surface area contributed by atoms with E-state index in [4.69, 9.17) is 10.4 Å². The fraction of sp³-hybridized carbons (Fsp3) is 0.111. The Morgan fingerprint density at radius 3 is 2.56 bits per heavy atom. The summed E-state index contributed by atoms with van der Waals surface area (Å²) in [6, 6.07) is 2.95. The summed E-state index contributed by atoms with van der Waals surface area (Å²) in [5, 5.41) is 26.4. The number of nitriles is 1. The molecular weight excluding hydrogens is 224 g/mol. The van der Waals surface area contributed by atoms with Gasteiger partial charge in [-0.1, -0.05) is 0 Å². The summed E-state index contributed by atoms with van der Waals surface area (Å²) in [6.07, 6.45) is 0. The Hall–Kier alpha value is -2.36. The molecule has 16 heavy (non-hydrogen) atoms. The van der Waals surface area contributed by atoms with Gasteiger partial charge in [-0.25, -0.2) is 4.79 Å². The molecule has 0 saturated carbocycles. The normalized spacial score (nSPS) is 9.88. The van der Waals surface area contributed by atoms with Crippen LogP contribution >= 0.6 is 0 Å². The first-order valence-corrected chi connectivity index (χ1v) is 3.91. The van der Waals surface area contributed by atoms with E-state index in [1.165, 1.54) is 6.07 Å². The van der Waals surface area contributed by atoms with Crippen LogP contribution in [0, 0.1) is 11.3 Å². The van der Waals surface area contributed by atoms with Gasteiger partial charge in [-0.15, -0.1) is 0 Å². The first kappa shape index (κ1) is 11.7. The summed E-state index contributed by atoms with van der Waals surface area (Å²) in [7, 11) is 0. The Morgan fingerprint density at radius 1 is 1.50 bits per heavy atom. The third-order valence-corrected chi connectivity index (χ3v) is 1.66. The second-order valence-corrected chi connectivity index (χ2v) is 2.66. The predicted octanol–water partition coefficient (Wildman–Crippen LogP) is 1.56. The first-order chi connectivity index (χ1) is 7.45. The van der Waals surface area contributed by atoms with E-state index in [-0.39, 0.29) is 0 Å². The molecular formula is C9H5F2NO4. The number of benzene rings is 1. The molecule has 0 aliphatic carbocycles. The number of rotatable bonds is 3. The van der Waals surface area contributed by atoms with Crippen molar-refractivity contribution in [3.05, 3.63) is 23.3 Å². The molecule has 0 atom stereocenters. The second kappa shape index (κ2) is 4.44. The molecule has 2 N–H and O–H groups in total. The minimum absolute atomic E-state index is 0.452. The van der Waals surface area contributed by atoms with Gasteiger partial charge >= 0.3 is 12.6 Å². The Labute approximate surface area is 88.1 Å². The van der Waals surface area contributed by atoms with Crippen LogP contribution in [0.15, 0.2) is 12.1 Å². The molecule has 7 heteroatoms. The summed E-state index contributed by atoms with van der Waals surface area (Å²) in [4.78, 5) is 10.6. The maximum atomic E-state index is 11.9. The summed E-state index contributed by atoms with van der Waals surface area (Å²) in [6.45, 7) is -3.21. The number of hydrogen-bond acceptors (Lipinski definition) is 4. The number of halogens is 2. The molecule has 1 rings (SSSR count). The number of phenolic OH excluding ortho intramolecular Hbond substituents is 1. The average molecular weight is 229 g/mol. The molecule has 5 nitrogen and oxygen atoms in total. The monoisotopic (exact) mass is 229 g/mol. The highest BCUT2D eigenvalue weighted by Gasteiger charge is 2.17. The average Bonchev–Trinajstić information content (AvgIpc) is 2.16. The summed E-state index contributed by atoms with van der Waals surface area (Å²) in [5.41, 5.74) is -0.988. The van der Waals surface area contributed by atoms with Crippen LogP contribution in [0.4, 0.5) is 8.78 Å². The Bertz CT molecular complexity index is 467. The fourth-order valence-corrected chi connectivity index (χ4v) is 1.03. The van der Waals surface area contributed by atoms with Crippen molar-refractivity contribution in [2.75, 3.05) is 0 Å². The van der Waals surface area contributed by atoms with E-state index in [0.717, 1.165) is 12.1 Å². The van der Waals surface area contributed by atoms with Crippen molar-refractivity contribution in [1.29, 1.82) is 5.26 Å². The van der Waals surface area contributed by atoms with Gasteiger partial charge in [-0.05, 0) is 12.1 Å². The highest BCUT2D eigenvalue weighted by molar-refractivity contribution is 5.89. The van der Waals surface area contributed by atoms with Crippen LogP contribution in [-0.4, -0.2) is 22.8 Å². The predicted molar refractivity (Wildman–Crippen MR) is 46.4 cm³/mol.